The minimum absolute atomic E-state index is 0.349. The van der Waals surface area contributed by atoms with Crippen LogP contribution in [0.5, 0.6) is 0 Å². The fraction of sp³-hybridized carbons (Fsp3) is 0.194. The van der Waals surface area contributed by atoms with Gasteiger partial charge in [0.1, 0.15) is 5.82 Å². The quantitative estimate of drug-likeness (QED) is 0.250. The lowest BCUT2D eigenvalue weighted by atomic mass is 9.89. The van der Waals surface area contributed by atoms with Gasteiger partial charge in [0, 0.05) is 22.6 Å². The van der Waals surface area contributed by atoms with E-state index in [9.17, 15) is 14.0 Å². The van der Waals surface area contributed by atoms with Crippen molar-refractivity contribution in [2.75, 3.05) is 4.90 Å². The van der Waals surface area contributed by atoms with Crippen LogP contribution in [0.4, 0.5) is 10.1 Å². The first-order valence-electron chi connectivity index (χ1n) is 12.8. The highest BCUT2D eigenvalue weighted by Gasteiger charge is 2.34. The molecule has 1 fully saturated rings. The first-order chi connectivity index (χ1) is 18.1. The van der Waals surface area contributed by atoms with Gasteiger partial charge in [-0.2, -0.15) is 0 Å². The Morgan fingerprint density at radius 3 is 2.30 bits per heavy atom. The third-order valence-corrected chi connectivity index (χ3v) is 7.85. The van der Waals surface area contributed by atoms with Crippen LogP contribution in [0.3, 0.4) is 0 Å². The Kier molecular flexibility index (Phi) is 4.96. The summed E-state index contributed by atoms with van der Waals surface area (Å²) in [6, 6.07) is 21.5. The van der Waals surface area contributed by atoms with Crippen molar-refractivity contribution in [3.8, 4) is 11.1 Å². The van der Waals surface area contributed by atoms with E-state index in [1.54, 1.807) is 12.1 Å². The Morgan fingerprint density at radius 2 is 1.51 bits per heavy atom. The molecule has 1 aliphatic heterocycles. The molecular weight excluding hydrogens is 465 g/mol. The molecule has 1 saturated carbocycles. The molecule has 6 heteroatoms. The van der Waals surface area contributed by atoms with Crippen molar-refractivity contribution in [3.05, 3.63) is 96.1 Å². The smallest absolute Gasteiger partial charge is 0.265 e. The zero-order chi connectivity index (χ0) is 25.1. The van der Waals surface area contributed by atoms with Crippen LogP contribution in [0, 0.1) is 5.82 Å². The summed E-state index contributed by atoms with van der Waals surface area (Å²) in [7, 11) is 0. The van der Waals surface area contributed by atoms with Gasteiger partial charge in [0.15, 0.2) is 0 Å². The molecule has 0 saturated heterocycles. The Labute approximate surface area is 213 Å². The van der Waals surface area contributed by atoms with E-state index >= 15 is 0 Å². The molecule has 1 aliphatic carbocycles. The first-order valence-corrected chi connectivity index (χ1v) is 12.8. The number of anilines is 1. The molecule has 5 nitrogen and oxygen atoms in total. The molecule has 1 aromatic heterocycles. The molecule has 0 spiro atoms. The summed E-state index contributed by atoms with van der Waals surface area (Å²) in [6.45, 7) is 0. The molecule has 37 heavy (non-hydrogen) atoms. The van der Waals surface area contributed by atoms with Crippen LogP contribution in [0.2, 0.25) is 0 Å². The van der Waals surface area contributed by atoms with Crippen molar-refractivity contribution >= 4 is 39.3 Å². The molecule has 4 aromatic carbocycles. The maximum absolute atomic E-state index is 13.5. The Hall–Kier alpha value is -4.32. The highest BCUT2D eigenvalue weighted by Crippen LogP contribution is 2.39. The van der Waals surface area contributed by atoms with E-state index in [-0.39, 0.29) is 0 Å². The minimum Gasteiger partial charge on any atom is -0.327 e. The second-order valence-corrected chi connectivity index (χ2v) is 9.96. The molecule has 7 rings (SSSR count). The van der Waals surface area contributed by atoms with Crippen molar-refractivity contribution in [1.29, 1.82) is 0 Å². The summed E-state index contributed by atoms with van der Waals surface area (Å²) in [5.41, 5.74) is 5.29. The standard InChI is InChI=1S/C31H24FN3O2/c32-20-10-12-22(13-11-20)35-30(36)25-8-4-7-24-23(14-15-26(29(24)25)31(35)37)19-9-16-28-27(17-19)33-18-34(28)21-5-2-1-3-6-21/h4,7-18,21H,1-3,5-6H2. The van der Waals surface area contributed by atoms with Gasteiger partial charge < -0.3 is 4.57 Å². The van der Waals surface area contributed by atoms with Crippen LogP contribution < -0.4 is 4.90 Å². The van der Waals surface area contributed by atoms with Crippen LogP contribution in [-0.2, 0) is 0 Å². The number of nitrogens with zero attached hydrogens (tertiary/aromatic N) is 3. The minimum atomic E-state index is -0.423. The zero-order valence-electron chi connectivity index (χ0n) is 20.2. The van der Waals surface area contributed by atoms with Gasteiger partial charge in [-0.15, -0.1) is 0 Å². The van der Waals surface area contributed by atoms with E-state index < -0.39 is 17.6 Å². The zero-order valence-corrected chi connectivity index (χ0v) is 20.2. The lowest BCUT2D eigenvalue weighted by molar-refractivity contribution is 0.0893. The lowest BCUT2D eigenvalue weighted by Crippen LogP contribution is -2.40. The van der Waals surface area contributed by atoms with Crippen molar-refractivity contribution < 1.29 is 14.0 Å². The first kappa shape index (κ1) is 21.9. The van der Waals surface area contributed by atoms with Gasteiger partial charge in [-0.25, -0.2) is 14.3 Å². The lowest BCUT2D eigenvalue weighted by Gasteiger charge is -2.28. The van der Waals surface area contributed by atoms with Gasteiger partial charge in [-0.05, 0) is 77.9 Å². The third-order valence-electron chi connectivity index (χ3n) is 7.85. The van der Waals surface area contributed by atoms with Crippen molar-refractivity contribution in [3.63, 3.8) is 0 Å². The second kappa shape index (κ2) is 8.37. The normalized spacial score (nSPS) is 16.2. The third kappa shape index (κ3) is 3.39. The van der Waals surface area contributed by atoms with E-state index in [1.165, 1.54) is 56.4 Å². The summed E-state index contributed by atoms with van der Waals surface area (Å²) in [6.07, 6.45) is 8.19. The number of hydrogen-bond acceptors (Lipinski definition) is 3. The van der Waals surface area contributed by atoms with E-state index in [1.807, 2.05) is 24.5 Å². The van der Waals surface area contributed by atoms with E-state index in [0.29, 0.717) is 28.2 Å². The van der Waals surface area contributed by atoms with Crippen LogP contribution in [0.25, 0.3) is 32.9 Å². The number of hydrogen-bond donors (Lipinski definition) is 0. The fourth-order valence-electron chi connectivity index (χ4n) is 6.02. The molecule has 5 aromatic rings. The summed E-state index contributed by atoms with van der Waals surface area (Å²) in [4.78, 5) is 32.8. The number of imidazole rings is 1. The SMILES string of the molecule is O=C1c2cccc3c(-c4ccc5c(c4)ncn5C4CCCCC4)ccc(c23)C(=O)N1c1ccc(F)cc1. The highest BCUT2D eigenvalue weighted by atomic mass is 19.1. The Bertz CT molecular complexity index is 1690. The maximum atomic E-state index is 13.5. The van der Waals surface area contributed by atoms with Crippen molar-refractivity contribution in [2.24, 2.45) is 0 Å². The number of benzene rings is 4. The number of amides is 2. The van der Waals surface area contributed by atoms with Gasteiger partial charge in [-0.3, -0.25) is 9.59 Å². The highest BCUT2D eigenvalue weighted by molar-refractivity contribution is 6.36. The van der Waals surface area contributed by atoms with Gasteiger partial charge in [0.2, 0.25) is 0 Å². The van der Waals surface area contributed by atoms with E-state index in [4.69, 9.17) is 4.98 Å². The predicted molar refractivity (Wildman–Crippen MR) is 142 cm³/mol. The number of fused-ring (bicyclic) bond motifs is 1. The summed E-state index contributed by atoms with van der Waals surface area (Å²) in [5.74, 6) is -1.24. The Morgan fingerprint density at radius 1 is 0.784 bits per heavy atom. The fourth-order valence-corrected chi connectivity index (χ4v) is 6.02. The van der Waals surface area contributed by atoms with Crippen LogP contribution in [-0.4, -0.2) is 21.4 Å². The number of aromatic nitrogens is 2. The molecule has 0 radical (unpaired) electrons. The number of carbonyl (C=O) groups is 2. The van der Waals surface area contributed by atoms with Crippen LogP contribution >= 0.6 is 0 Å². The molecule has 2 aliphatic rings. The van der Waals surface area contributed by atoms with E-state index in [2.05, 4.69) is 22.8 Å². The largest absolute Gasteiger partial charge is 0.327 e. The molecule has 2 amide bonds. The summed E-state index contributed by atoms with van der Waals surface area (Å²) >= 11 is 0. The number of carbonyl (C=O) groups excluding carboxylic acids is 2. The van der Waals surface area contributed by atoms with Gasteiger partial charge in [0.25, 0.3) is 11.8 Å². The summed E-state index contributed by atoms with van der Waals surface area (Å²) < 4.78 is 15.8. The topological polar surface area (TPSA) is 55.2 Å². The molecule has 0 N–H and O–H groups in total. The molecule has 2 heterocycles. The molecule has 0 bridgehead atoms. The molecular formula is C31H24FN3O2. The molecule has 0 atom stereocenters. The average molecular weight is 490 g/mol. The number of imide groups is 1. The molecule has 0 unspecified atom stereocenters. The molecule has 182 valence electrons. The van der Waals surface area contributed by atoms with Crippen molar-refractivity contribution in [1.82, 2.24) is 9.55 Å². The number of halogens is 1. The summed E-state index contributed by atoms with van der Waals surface area (Å²) in [5, 5.41) is 1.50. The van der Waals surface area contributed by atoms with E-state index in [0.717, 1.165) is 32.4 Å². The Balaban J connectivity index is 1.33. The number of rotatable bonds is 3. The maximum Gasteiger partial charge on any atom is 0.265 e. The predicted octanol–water partition coefficient (Wildman–Crippen LogP) is 7.30. The monoisotopic (exact) mass is 489 g/mol. The van der Waals surface area contributed by atoms with Crippen LogP contribution in [0.1, 0.15) is 58.9 Å². The van der Waals surface area contributed by atoms with Gasteiger partial charge >= 0.3 is 0 Å². The van der Waals surface area contributed by atoms with Crippen LogP contribution in [0.15, 0.2) is 79.1 Å². The average Bonchev–Trinajstić information content (AvgIpc) is 3.36. The van der Waals surface area contributed by atoms with Gasteiger partial charge in [-0.1, -0.05) is 43.5 Å². The van der Waals surface area contributed by atoms with Gasteiger partial charge in [0.05, 0.1) is 23.0 Å². The van der Waals surface area contributed by atoms with Crippen molar-refractivity contribution in [2.45, 2.75) is 38.1 Å². The second-order valence-electron chi connectivity index (χ2n) is 9.96.